The molecule has 2 aromatic rings. The molecular formula is C23H27N3O3S. The zero-order valence-corrected chi connectivity index (χ0v) is 17.5. The number of hydrogen-bond acceptors (Lipinski definition) is 4. The van der Waals surface area contributed by atoms with E-state index >= 15 is 0 Å². The lowest BCUT2D eigenvalue weighted by atomic mass is 9.77. The van der Waals surface area contributed by atoms with Gasteiger partial charge in [0.25, 0.3) is 0 Å². The molecule has 2 aromatic carbocycles. The summed E-state index contributed by atoms with van der Waals surface area (Å²) in [5.74, 6) is -0.527. The van der Waals surface area contributed by atoms with Crippen molar-refractivity contribution in [3.63, 3.8) is 0 Å². The van der Waals surface area contributed by atoms with Crippen LogP contribution < -0.4 is 15.5 Å². The molecule has 6 nitrogen and oxygen atoms in total. The van der Waals surface area contributed by atoms with Gasteiger partial charge in [-0.15, -0.1) is 0 Å². The van der Waals surface area contributed by atoms with Crippen LogP contribution in [0.1, 0.15) is 32.1 Å². The molecule has 5 rings (SSSR count). The summed E-state index contributed by atoms with van der Waals surface area (Å²) in [6.45, 7) is 0. The Hall–Kier alpha value is -2.22. The van der Waals surface area contributed by atoms with Crippen LogP contribution in [0.4, 0.5) is 5.69 Å². The van der Waals surface area contributed by atoms with Gasteiger partial charge in [-0.05, 0) is 42.9 Å². The molecule has 1 saturated heterocycles. The third kappa shape index (κ3) is 3.25. The fourth-order valence-electron chi connectivity index (χ4n) is 5.42. The highest BCUT2D eigenvalue weighted by Crippen LogP contribution is 2.39. The number of hydrogen-bond donors (Lipinski definition) is 4. The van der Waals surface area contributed by atoms with E-state index in [2.05, 4.69) is 10.6 Å². The number of fused-ring (bicyclic) bond motifs is 2. The third-order valence-corrected chi connectivity index (χ3v) is 7.22. The molecule has 30 heavy (non-hydrogen) atoms. The van der Waals surface area contributed by atoms with E-state index in [-0.39, 0.29) is 24.4 Å². The molecule has 0 bridgehead atoms. The number of carbonyl (C=O) groups is 1. The molecule has 1 heterocycles. The Morgan fingerprint density at radius 2 is 1.83 bits per heavy atom. The summed E-state index contributed by atoms with van der Waals surface area (Å²) in [5.41, 5.74) is 0.917. The first-order chi connectivity index (χ1) is 14.5. The lowest BCUT2D eigenvalue weighted by Crippen LogP contribution is -2.61. The van der Waals surface area contributed by atoms with Crippen LogP contribution in [0.15, 0.2) is 42.5 Å². The second-order valence-corrected chi connectivity index (χ2v) is 9.11. The molecule has 5 unspecified atom stereocenters. The minimum atomic E-state index is -0.983. The number of thiocarbonyl (C=S) groups is 1. The predicted molar refractivity (Wildman–Crippen MR) is 120 cm³/mol. The Bertz CT molecular complexity index is 972. The quantitative estimate of drug-likeness (QED) is 0.564. The van der Waals surface area contributed by atoms with E-state index in [0.717, 1.165) is 42.1 Å². The van der Waals surface area contributed by atoms with Crippen LogP contribution in [0.25, 0.3) is 10.8 Å². The molecular weight excluding hydrogens is 398 g/mol. The Morgan fingerprint density at radius 1 is 1.10 bits per heavy atom. The zero-order chi connectivity index (χ0) is 20.8. The predicted octanol–water partition coefficient (Wildman–Crippen LogP) is 2.07. The van der Waals surface area contributed by atoms with Crippen molar-refractivity contribution in [1.29, 1.82) is 0 Å². The zero-order valence-electron chi connectivity index (χ0n) is 16.7. The van der Waals surface area contributed by atoms with E-state index in [1.807, 2.05) is 47.4 Å². The van der Waals surface area contributed by atoms with E-state index in [1.54, 1.807) is 0 Å². The Balaban J connectivity index is 1.54. The smallest absolute Gasteiger partial charge is 0.225 e. The maximum absolute atomic E-state index is 13.3. The highest BCUT2D eigenvalue weighted by atomic mass is 32.1. The van der Waals surface area contributed by atoms with Gasteiger partial charge in [0.05, 0.1) is 29.8 Å². The van der Waals surface area contributed by atoms with Crippen molar-refractivity contribution >= 4 is 39.7 Å². The standard InChI is InChI=1S/C23H27N3O3S/c27-18-12-16(22(29)24-14-8-2-3-9-14)20-19(21(18)28)25-23(30)26(20)17-11-5-7-13-6-1-4-10-15(13)17/h1,4-7,10-11,14,16,18-21,27-28H,2-3,8-9,12H2,(H,24,29)(H,25,30). The lowest BCUT2D eigenvalue weighted by molar-refractivity contribution is -0.131. The van der Waals surface area contributed by atoms with Gasteiger partial charge in [-0.1, -0.05) is 49.2 Å². The maximum Gasteiger partial charge on any atom is 0.225 e. The van der Waals surface area contributed by atoms with Gasteiger partial charge >= 0.3 is 0 Å². The number of nitrogens with zero attached hydrogens (tertiary/aromatic N) is 1. The first kappa shape index (κ1) is 19.7. The fourth-order valence-corrected chi connectivity index (χ4v) is 5.77. The monoisotopic (exact) mass is 425 g/mol. The highest BCUT2D eigenvalue weighted by Gasteiger charge is 2.54. The van der Waals surface area contributed by atoms with E-state index in [9.17, 15) is 15.0 Å². The van der Waals surface area contributed by atoms with Crippen LogP contribution >= 0.6 is 12.2 Å². The molecule has 0 aromatic heterocycles. The van der Waals surface area contributed by atoms with Crippen molar-refractivity contribution in [2.75, 3.05) is 4.90 Å². The number of amides is 1. The topological polar surface area (TPSA) is 84.8 Å². The Kier molecular flexibility index (Phi) is 5.13. The lowest BCUT2D eigenvalue weighted by Gasteiger charge is -2.42. The number of benzene rings is 2. The minimum Gasteiger partial charge on any atom is -0.390 e. The minimum absolute atomic E-state index is 0.0559. The van der Waals surface area contributed by atoms with Crippen LogP contribution in [0, 0.1) is 5.92 Å². The van der Waals surface area contributed by atoms with Gasteiger partial charge < -0.3 is 25.7 Å². The van der Waals surface area contributed by atoms with Crippen molar-refractivity contribution in [2.24, 2.45) is 5.92 Å². The summed E-state index contributed by atoms with van der Waals surface area (Å²) in [4.78, 5) is 15.3. The summed E-state index contributed by atoms with van der Waals surface area (Å²) >= 11 is 5.66. The van der Waals surface area contributed by atoms with Crippen molar-refractivity contribution < 1.29 is 15.0 Å². The Labute approximate surface area is 181 Å². The molecule has 2 aliphatic carbocycles. The van der Waals surface area contributed by atoms with Crippen LogP contribution in [0.5, 0.6) is 0 Å². The van der Waals surface area contributed by atoms with Crippen molar-refractivity contribution in [1.82, 2.24) is 10.6 Å². The molecule has 3 fully saturated rings. The van der Waals surface area contributed by atoms with E-state index in [0.29, 0.717) is 5.11 Å². The fraction of sp³-hybridized carbons (Fsp3) is 0.478. The van der Waals surface area contributed by atoms with Gasteiger partial charge in [-0.2, -0.15) is 0 Å². The van der Waals surface area contributed by atoms with Crippen LogP contribution in [-0.2, 0) is 4.79 Å². The summed E-state index contributed by atoms with van der Waals surface area (Å²) in [5, 5.41) is 30.2. The van der Waals surface area contributed by atoms with Crippen LogP contribution in [-0.4, -0.2) is 51.6 Å². The summed E-state index contributed by atoms with van der Waals surface area (Å²) in [6, 6.07) is 13.4. The van der Waals surface area contributed by atoms with Gasteiger partial charge in [-0.25, -0.2) is 0 Å². The molecule has 7 heteroatoms. The van der Waals surface area contributed by atoms with E-state index < -0.39 is 24.2 Å². The number of anilines is 1. The summed E-state index contributed by atoms with van der Waals surface area (Å²) < 4.78 is 0. The summed E-state index contributed by atoms with van der Waals surface area (Å²) in [7, 11) is 0. The number of aliphatic hydroxyl groups is 2. The molecule has 1 aliphatic heterocycles. The van der Waals surface area contributed by atoms with Crippen molar-refractivity contribution in [2.45, 2.75) is 62.4 Å². The second-order valence-electron chi connectivity index (χ2n) is 8.72. The first-order valence-electron chi connectivity index (χ1n) is 10.8. The number of carbonyl (C=O) groups excluding carboxylic acids is 1. The average molecular weight is 426 g/mol. The molecule has 2 saturated carbocycles. The molecule has 4 N–H and O–H groups in total. The molecule has 0 radical (unpaired) electrons. The number of nitrogens with one attached hydrogen (secondary N) is 2. The molecule has 1 amide bonds. The SMILES string of the molecule is O=C(NC1CCCC1)C1CC(O)C(O)C2NC(=S)N(c3cccc4ccccc34)C12. The molecule has 0 spiro atoms. The van der Waals surface area contributed by atoms with Gasteiger partial charge in [0.15, 0.2) is 5.11 Å². The van der Waals surface area contributed by atoms with Crippen LogP contribution in [0.2, 0.25) is 0 Å². The number of rotatable bonds is 3. The van der Waals surface area contributed by atoms with E-state index in [4.69, 9.17) is 12.2 Å². The molecule has 158 valence electrons. The summed E-state index contributed by atoms with van der Waals surface area (Å²) in [6.07, 6.45) is 2.54. The van der Waals surface area contributed by atoms with Crippen molar-refractivity contribution in [3.05, 3.63) is 42.5 Å². The normalized spacial score (nSPS) is 31.6. The van der Waals surface area contributed by atoms with Gasteiger partial charge in [0, 0.05) is 11.4 Å². The van der Waals surface area contributed by atoms with Gasteiger partial charge in [0.1, 0.15) is 6.10 Å². The maximum atomic E-state index is 13.3. The van der Waals surface area contributed by atoms with Gasteiger partial charge in [0.2, 0.25) is 5.91 Å². The number of aliphatic hydroxyl groups excluding tert-OH is 2. The molecule has 5 atom stereocenters. The second kappa shape index (κ2) is 7.80. The van der Waals surface area contributed by atoms with E-state index in [1.165, 1.54) is 0 Å². The average Bonchev–Trinajstić information content (AvgIpc) is 3.38. The van der Waals surface area contributed by atoms with Crippen molar-refractivity contribution in [3.8, 4) is 0 Å². The third-order valence-electron chi connectivity index (χ3n) is 6.91. The largest absolute Gasteiger partial charge is 0.390 e. The molecule has 3 aliphatic rings. The van der Waals surface area contributed by atoms with Gasteiger partial charge in [-0.3, -0.25) is 4.79 Å². The Morgan fingerprint density at radius 3 is 2.63 bits per heavy atom. The first-order valence-corrected chi connectivity index (χ1v) is 11.2. The highest BCUT2D eigenvalue weighted by molar-refractivity contribution is 7.80. The van der Waals surface area contributed by atoms with Crippen LogP contribution in [0.3, 0.4) is 0 Å².